The second-order valence-corrected chi connectivity index (χ2v) is 5.73. The Kier molecular flexibility index (Phi) is 7.33. The number of para-hydroxylation sites is 1. The van der Waals surface area contributed by atoms with E-state index in [1.807, 2.05) is 19.9 Å². The molecule has 3 heteroatoms. The molecule has 0 spiro atoms. The SMILES string of the molecule is C=O.CNCC(c1ccccc1)C(C)(C)Nc1ccccc1. The summed E-state index contributed by atoms with van der Waals surface area (Å²) in [6.07, 6.45) is 0. The van der Waals surface area contributed by atoms with Crippen molar-refractivity contribution < 1.29 is 4.79 Å². The summed E-state index contributed by atoms with van der Waals surface area (Å²) >= 11 is 0. The van der Waals surface area contributed by atoms with Gasteiger partial charge < -0.3 is 15.4 Å². The second kappa shape index (κ2) is 9.00. The van der Waals surface area contributed by atoms with Crippen molar-refractivity contribution >= 4 is 12.5 Å². The van der Waals surface area contributed by atoms with E-state index in [9.17, 15) is 0 Å². The van der Waals surface area contributed by atoms with E-state index in [2.05, 4.69) is 79.1 Å². The summed E-state index contributed by atoms with van der Waals surface area (Å²) in [6, 6.07) is 21.1. The van der Waals surface area contributed by atoms with E-state index in [0.29, 0.717) is 5.92 Å². The number of benzene rings is 2. The van der Waals surface area contributed by atoms with Crippen molar-refractivity contribution in [3.63, 3.8) is 0 Å². The van der Waals surface area contributed by atoms with Gasteiger partial charge in [0.05, 0.1) is 0 Å². The molecule has 0 aliphatic heterocycles. The molecular weight excluding hydrogens is 272 g/mol. The normalized spacial score (nSPS) is 12.0. The number of rotatable bonds is 6. The smallest absolute Gasteiger partial charge is 0.106 e. The molecule has 0 fully saturated rings. The van der Waals surface area contributed by atoms with Gasteiger partial charge in [-0.25, -0.2) is 0 Å². The molecular formula is C19H26N2O. The lowest BCUT2D eigenvalue weighted by molar-refractivity contribution is -0.0979. The van der Waals surface area contributed by atoms with Gasteiger partial charge in [-0.05, 0) is 38.6 Å². The van der Waals surface area contributed by atoms with E-state index in [-0.39, 0.29) is 5.54 Å². The predicted octanol–water partition coefficient (Wildman–Crippen LogP) is 3.70. The Morgan fingerprint density at radius 1 is 0.955 bits per heavy atom. The molecule has 2 rings (SSSR count). The van der Waals surface area contributed by atoms with Gasteiger partial charge in [-0.1, -0.05) is 48.5 Å². The number of hydrogen-bond acceptors (Lipinski definition) is 3. The Balaban J connectivity index is 0.00000116. The van der Waals surface area contributed by atoms with Crippen LogP contribution in [0, 0.1) is 0 Å². The molecule has 2 aromatic carbocycles. The number of carbonyl (C=O) groups is 1. The molecule has 2 aromatic rings. The van der Waals surface area contributed by atoms with Crippen LogP contribution >= 0.6 is 0 Å². The predicted molar refractivity (Wildman–Crippen MR) is 94.4 cm³/mol. The highest BCUT2D eigenvalue weighted by Gasteiger charge is 2.30. The number of nitrogens with one attached hydrogen (secondary N) is 2. The number of carbonyl (C=O) groups excluding carboxylic acids is 1. The molecule has 1 atom stereocenters. The molecule has 0 saturated heterocycles. The van der Waals surface area contributed by atoms with Crippen LogP contribution in [0.5, 0.6) is 0 Å². The Bertz CT molecular complexity index is 526. The van der Waals surface area contributed by atoms with Crippen LogP contribution in [-0.2, 0) is 4.79 Å². The lowest BCUT2D eigenvalue weighted by Gasteiger charge is -2.36. The lowest BCUT2D eigenvalue weighted by atomic mass is 9.81. The van der Waals surface area contributed by atoms with Crippen LogP contribution in [-0.4, -0.2) is 25.9 Å². The first-order valence-corrected chi connectivity index (χ1v) is 7.45. The van der Waals surface area contributed by atoms with E-state index >= 15 is 0 Å². The summed E-state index contributed by atoms with van der Waals surface area (Å²) in [6.45, 7) is 7.46. The lowest BCUT2D eigenvalue weighted by Crippen LogP contribution is -2.42. The molecule has 0 aromatic heterocycles. The average molecular weight is 298 g/mol. The van der Waals surface area contributed by atoms with Crippen LogP contribution in [0.2, 0.25) is 0 Å². The van der Waals surface area contributed by atoms with Gasteiger partial charge in [0.1, 0.15) is 6.79 Å². The van der Waals surface area contributed by atoms with Crippen LogP contribution in [0.4, 0.5) is 5.69 Å². The summed E-state index contributed by atoms with van der Waals surface area (Å²) < 4.78 is 0. The highest BCUT2D eigenvalue weighted by Crippen LogP contribution is 2.30. The van der Waals surface area contributed by atoms with Gasteiger partial charge in [0, 0.05) is 23.7 Å². The van der Waals surface area contributed by atoms with Gasteiger partial charge in [0.15, 0.2) is 0 Å². The third-order valence-electron chi connectivity index (χ3n) is 3.72. The monoisotopic (exact) mass is 298 g/mol. The van der Waals surface area contributed by atoms with Crippen LogP contribution < -0.4 is 10.6 Å². The second-order valence-electron chi connectivity index (χ2n) is 5.73. The maximum atomic E-state index is 8.00. The molecule has 0 aliphatic rings. The standard InChI is InChI=1S/C18H24N2.CH2O/c1-18(2,20-16-12-8-5-9-13-16)17(14-19-3)15-10-6-4-7-11-15;1-2/h4-13,17,19-20H,14H2,1-3H3;1H2. The highest BCUT2D eigenvalue weighted by atomic mass is 16.1. The van der Waals surface area contributed by atoms with E-state index in [0.717, 1.165) is 12.2 Å². The first kappa shape index (κ1) is 17.9. The van der Waals surface area contributed by atoms with E-state index in [4.69, 9.17) is 4.79 Å². The maximum Gasteiger partial charge on any atom is 0.106 e. The van der Waals surface area contributed by atoms with Crippen LogP contribution in [0.1, 0.15) is 25.3 Å². The van der Waals surface area contributed by atoms with Crippen molar-refractivity contribution in [1.82, 2.24) is 5.32 Å². The van der Waals surface area contributed by atoms with E-state index < -0.39 is 0 Å². The van der Waals surface area contributed by atoms with Crippen molar-refractivity contribution in [1.29, 1.82) is 0 Å². The molecule has 22 heavy (non-hydrogen) atoms. The molecule has 118 valence electrons. The average Bonchev–Trinajstić information content (AvgIpc) is 2.55. The largest absolute Gasteiger partial charge is 0.379 e. The molecule has 0 aliphatic carbocycles. The molecule has 0 radical (unpaired) electrons. The Hall–Kier alpha value is -2.13. The van der Waals surface area contributed by atoms with Crippen molar-refractivity contribution in [2.45, 2.75) is 25.3 Å². The fourth-order valence-electron chi connectivity index (χ4n) is 2.66. The van der Waals surface area contributed by atoms with Gasteiger partial charge in [-0.2, -0.15) is 0 Å². The Labute approximate surface area is 133 Å². The zero-order valence-corrected chi connectivity index (χ0v) is 13.7. The van der Waals surface area contributed by atoms with Gasteiger partial charge in [0.25, 0.3) is 0 Å². The fraction of sp³-hybridized carbons (Fsp3) is 0.316. The molecule has 2 N–H and O–H groups in total. The van der Waals surface area contributed by atoms with Crippen molar-refractivity contribution in [2.24, 2.45) is 0 Å². The van der Waals surface area contributed by atoms with E-state index in [1.54, 1.807) is 0 Å². The first-order valence-electron chi connectivity index (χ1n) is 7.45. The minimum absolute atomic E-state index is 0.0360. The third-order valence-corrected chi connectivity index (χ3v) is 3.72. The zero-order chi connectivity index (χ0) is 16.4. The number of hydrogen-bond donors (Lipinski definition) is 2. The molecule has 0 amide bonds. The highest BCUT2D eigenvalue weighted by molar-refractivity contribution is 5.46. The maximum absolute atomic E-state index is 8.00. The Morgan fingerprint density at radius 2 is 1.45 bits per heavy atom. The quantitative estimate of drug-likeness (QED) is 0.854. The third kappa shape index (κ3) is 5.01. The molecule has 1 unspecified atom stereocenters. The minimum Gasteiger partial charge on any atom is -0.379 e. The molecule has 0 heterocycles. The summed E-state index contributed by atoms with van der Waals surface area (Å²) in [7, 11) is 2.01. The van der Waals surface area contributed by atoms with Crippen molar-refractivity contribution in [3.8, 4) is 0 Å². The van der Waals surface area contributed by atoms with Gasteiger partial charge >= 0.3 is 0 Å². The zero-order valence-electron chi connectivity index (χ0n) is 13.7. The van der Waals surface area contributed by atoms with Gasteiger partial charge in [-0.15, -0.1) is 0 Å². The summed E-state index contributed by atoms with van der Waals surface area (Å²) in [5.74, 6) is 0.397. The topological polar surface area (TPSA) is 41.1 Å². The number of anilines is 1. The van der Waals surface area contributed by atoms with Crippen LogP contribution in [0.3, 0.4) is 0 Å². The summed E-state index contributed by atoms with van der Waals surface area (Å²) in [4.78, 5) is 8.00. The summed E-state index contributed by atoms with van der Waals surface area (Å²) in [5.41, 5.74) is 2.48. The fourth-order valence-corrected chi connectivity index (χ4v) is 2.66. The molecule has 0 bridgehead atoms. The first-order chi connectivity index (χ1) is 10.6. The molecule has 3 nitrogen and oxygen atoms in total. The Morgan fingerprint density at radius 3 is 1.95 bits per heavy atom. The van der Waals surface area contributed by atoms with Crippen LogP contribution in [0.25, 0.3) is 0 Å². The van der Waals surface area contributed by atoms with Crippen molar-refractivity contribution in [2.75, 3.05) is 18.9 Å². The summed E-state index contributed by atoms with van der Waals surface area (Å²) in [5, 5.41) is 6.98. The van der Waals surface area contributed by atoms with Gasteiger partial charge in [0.2, 0.25) is 0 Å². The number of likely N-dealkylation sites (N-methyl/N-ethyl adjacent to an activating group) is 1. The van der Waals surface area contributed by atoms with Gasteiger partial charge in [-0.3, -0.25) is 0 Å². The van der Waals surface area contributed by atoms with Crippen LogP contribution in [0.15, 0.2) is 60.7 Å². The molecule has 0 saturated carbocycles. The minimum atomic E-state index is -0.0360. The van der Waals surface area contributed by atoms with Crippen molar-refractivity contribution in [3.05, 3.63) is 66.2 Å². The van der Waals surface area contributed by atoms with E-state index in [1.165, 1.54) is 5.56 Å².